The second-order valence-corrected chi connectivity index (χ2v) is 5.65. The zero-order valence-corrected chi connectivity index (χ0v) is 12.5. The maximum Gasteiger partial charge on any atom is 0.133 e. The molecule has 4 heteroatoms. The smallest absolute Gasteiger partial charge is 0.133 e. The lowest BCUT2D eigenvalue weighted by molar-refractivity contribution is -0.0699. The lowest BCUT2D eigenvalue weighted by Gasteiger charge is -2.35. The van der Waals surface area contributed by atoms with E-state index in [4.69, 9.17) is 9.47 Å². The van der Waals surface area contributed by atoms with Crippen molar-refractivity contribution in [3.05, 3.63) is 28.7 Å². The SMILES string of the molecule is C[C@@H]1CN(CCOc2ccccc2Br)C[C@@H](C)O1. The summed E-state index contributed by atoms with van der Waals surface area (Å²) >= 11 is 3.48. The molecule has 0 unspecified atom stereocenters. The van der Waals surface area contributed by atoms with Crippen LogP contribution in [0.2, 0.25) is 0 Å². The predicted molar refractivity (Wildman–Crippen MR) is 76.1 cm³/mol. The van der Waals surface area contributed by atoms with Crippen molar-refractivity contribution in [2.45, 2.75) is 26.1 Å². The van der Waals surface area contributed by atoms with E-state index >= 15 is 0 Å². The van der Waals surface area contributed by atoms with Crippen molar-refractivity contribution in [2.75, 3.05) is 26.2 Å². The van der Waals surface area contributed by atoms with Crippen LogP contribution in [0.25, 0.3) is 0 Å². The topological polar surface area (TPSA) is 21.7 Å². The maximum absolute atomic E-state index is 5.78. The molecular formula is C14H20BrNO2. The van der Waals surface area contributed by atoms with Crippen LogP contribution in [0.4, 0.5) is 0 Å². The van der Waals surface area contributed by atoms with Gasteiger partial charge in [-0.3, -0.25) is 4.90 Å². The number of benzene rings is 1. The monoisotopic (exact) mass is 313 g/mol. The Bertz CT molecular complexity index is 376. The van der Waals surface area contributed by atoms with Crippen molar-refractivity contribution in [3.63, 3.8) is 0 Å². The van der Waals surface area contributed by atoms with Gasteiger partial charge < -0.3 is 9.47 Å². The molecule has 0 amide bonds. The quantitative estimate of drug-likeness (QED) is 0.853. The Morgan fingerprint density at radius 2 is 1.94 bits per heavy atom. The van der Waals surface area contributed by atoms with Gasteiger partial charge in [-0.25, -0.2) is 0 Å². The van der Waals surface area contributed by atoms with E-state index in [1.165, 1.54) is 0 Å². The molecule has 18 heavy (non-hydrogen) atoms. The van der Waals surface area contributed by atoms with Gasteiger partial charge in [-0.1, -0.05) is 12.1 Å². The molecule has 0 spiro atoms. The lowest BCUT2D eigenvalue weighted by Crippen LogP contribution is -2.46. The highest BCUT2D eigenvalue weighted by Gasteiger charge is 2.21. The van der Waals surface area contributed by atoms with Crippen molar-refractivity contribution in [1.82, 2.24) is 4.90 Å². The van der Waals surface area contributed by atoms with Gasteiger partial charge in [0.25, 0.3) is 0 Å². The summed E-state index contributed by atoms with van der Waals surface area (Å²) in [5.41, 5.74) is 0. The minimum atomic E-state index is 0.317. The largest absolute Gasteiger partial charge is 0.491 e. The Morgan fingerprint density at radius 1 is 1.28 bits per heavy atom. The van der Waals surface area contributed by atoms with Gasteiger partial charge >= 0.3 is 0 Å². The summed E-state index contributed by atoms with van der Waals surface area (Å²) in [6, 6.07) is 7.95. The van der Waals surface area contributed by atoms with Crippen LogP contribution in [0, 0.1) is 0 Å². The second-order valence-electron chi connectivity index (χ2n) is 4.80. The van der Waals surface area contributed by atoms with Gasteiger partial charge in [0.05, 0.1) is 16.7 Å². The van der Waals surface area contributed by atoms with E-state index in [-0.39, 0.29) is 0 Å². The number of hydrogen-bond acceptors (Lipinski definition) is 3. The first-order valence-electron chi connectivity index (χ1n) is 6.40. The Labute approximate surface area is 117 Å². The van der Waals surface area contributed by atoms with Gasteiger partial charge in [-0.15, -0.1) is 0 Å². The second kappa shape index (κ2) is 6.55. The summed E-state index contributed by atoms with van der Waals surface area (Å²) < 4.78 is 12.5. The molecule has 1 aliphatic rings. The molecule has 1 heterocycles. The minimum absolute atomic E-state index is 0.317. The number of rotatable bonds is 4. The molecule has 1 fully saturated rings. The summed E-state index contributed by atoms with van der Waals surface area (Å²) in [4.78, 5) is 2.40. The van der Waals surface area contributed by atoms with E-state index < -0.39 is 0 Å². The summed E-state index contributed by atoms with van der Waals surface area (Å²) in [5, 5.41) is 0. The standard InChI is InChI=1S/C14H20BrNO2/c1-11-9-16(10-12(2)18-11)7-8-17-14-6-4-3-5-13(14)15/h3-6,11-12H,7-10H2,1-2H3/t11-,12-/m1/s1. The lowest BCUT2D eigenvalue weighted by atomic mass is 10.2. The first kappa shape index (κ1) is 13.8. The van der Waals surface area contributed by atoms with Crippen LogP contribution in [0.15, 0.2) is 28.7 Å². The third kappa shape index (κ3) is 3.97. The molecular weight excluding hydrogens is 294 g/mol. The van der Waals surface area contributed by atoms with E-state index in [9.17, 15) is 0 Å². The van der Waals surface area contributed by atoms with Crippen LogP contribution in [-0.2, 0) is 4.74 Å². The molecule has 3 nitrogen and oxygen atoms in total. The Morgan fingerprint density at radius 3 is 2.61 bits per heavy atom. The molecule has 0 aliphatic carbocycles. The maximum atomic E-state index is 5.78. The molecule has 1 aliphatic heterocycles. The van der Waals surface area contributed by atoms with Crippen LogP contribution in [-0.4, -0.2) is 43.3 Å². The Kier molecular flexibility index (Phi) is 5.03. The third-order valence-electron chi connectivity index (χ3n) is 3.00. The number of ether oxygens (including phenoxy) is 2. The Hall–Kier alpha value is -0.580. The van der Waals surface area contributed by atoms with Gasteiger partial charge in [0, 0.05) is 19.6 Å². The van der Waals surface area contributed by atoms with Gasteiger partial charge in [0.2, 0.25) is 0 Å². The zero-order chi connectivity index (χ0) is 13.0. The van der Waals surface area contributed by atoms with Crippen LogP contribution in [0.5, 0.6) is 5.75 Å². The van der Waals surface area contributed by atoms with Crippen molar-refractivity contribution in [1.29, 1.82) is 0 Å². The number of hydrogen-bond donors (Lipinski definition) is 0. The van der Waals surface area contributed by atoms with E-state index in [1.807, 2.05) is 24.3 Å². The van der Waals surface area contributed by atoms with Gasteiger partial charge in [-0.2, -0.15) is 0 Å². The minimum Gasteiger partial charge on any atom is -0.491 e. The molecule has 0 saturated carbocycles. The first-order chi connectivity index (χ1) is 8.65. The van der Waals surface area contributed by atoms with Crippen LogP contribution < -0.4 is 4.74 Å². The van der Waals surface area contributed by atoms with Crippen LogP contribution in [0.3, 0.4) is 0 Å². The van der Waals surface area contributed by atoms with Crippen molar-refractivity contribution in [2.24, 2.45) is 0 Å². The fourth-order valence-corrected chi connectivity index (χ4v) is 2.71. The van der Waals surface area contributed by atoms with Crippen molar-refractivity contribution >= 4 is 15.9 Å². The molecule has 100 valence electrons. The van der Waals surface area contributed by atoms with E-state index in [2.05, 4.69) is 34.7 Å². The van der Waals surface area contributed by atoms with Gasteiger partial charge in [-0.05, 0) is 41.9 Å². The molecule has 0 aromatic heterocycles. The molecule has 0 bridgehead atoms. The first-order valence-corrected chi connectivity index (χ1v) is 7.19. The average molecular weight is 314 g/mol. The Balaban J connectivity index is 1.77. The van der Waals surface area contributed by atoms with Crippen molar-refractivity contribution < 1.29 is 9.47 Å². The normalized spacial score (nSPS) is 25.1. The number of morpholine rings is 1. The van der Waals surface area contributed by atoms with Crippen molar-refractivity contribution in [3.8, 4) is 5.75 Å². The molecule has 0 radical (unpaired) electrons. The van der Waals surface area contributed by atoms with Gasteiger partial charge in [0.15, 0.2) is 0 Å². The summed E-state index contributed by atoms with van der Waals surface area (Å²) in [6.07, 6.45) is 0.634. The highest BCUT2D eigenvalue weighted by atomic mass is 79.9. The highest BCUT2D eigenvalue weighted by molar-refractivity contribution is 9.10. The fraction of sp³-hybridized carbons (Fsp3) is 0.571. The van der Waals surface area contributed by atoms with Crippen LogP contribution in [0.1, 0.15) is 13.8 Å². The molecule has 1 saturated heterocycles. The summed E-state index contributed by atoms with van der Waals surface area (Å²) in [5.74, 6) is 0.909. The van der Waals surface area contributed by atoms with E-state index in [0.717, 1.165) is 29.9 Å². The van der Waals surface area contributed by atoms with Crippen LogP contribution >= 0.6 is 15.9 Å². The molecule has 0 N–H and O–H groups in total. The van der Waals surface area contributed by atoms with E-state index in [0.29, 0.717) is 18.8 Å². The van der Waals surface area contributed by atoms with E-state index in [1.54, 1.807) is 0 Å². The third-order valence-corrected chi connectivity index (χ3v) is 3.65. The van der Waals surface area contributed by atoms with Gasteiger partial charge in [0.1, 0.15) is 12.4 Å². The molecule has 2 atom stereocenters. The number of para-hydroxylation sites is 1. The molecule has 1 aromatic carbocycles. The fourth-order valence-electron chi connectivity index (χ4n) is 2.31. The summed E-state index contributed by atoms with van der Waals surface area (Å²) in [6.45, 7) is 7.88. The average Bonchev–Trinajstić information content (AvgIpc) is 2.30. The number of nitrogens with zero attached hydrogens (tertiary/aromatic N) is 1. The number of halogens is 1. The predicted octanol–water partition coefficient (Wildman–Crippen LogP) is 2.94. The zero-order valence-electron chi connectivity index (χ0n) is 10.9. The molecule has 1 aromatic rings. The highest BCUT2D eigenvalue weighted by Crippen LogP contribution is 2.23. The summed E-state index contributed by atoms with van der Waals surface area (Å²) in [7, 11) is 0. The molecule has 2 rings (SSSR count).